The molecule has 0 saturated heterocycles. The van der Waals surface area contributed by atoms with E-state index in [0.717, 1.165) is 22.4 Å². The van der Waals surface area contributed by atoms with Gasteiger partial charge in [-0.25, -0.2) is 4.98 Å². The third kappa shape index (κ3) is 2.64. The number of halogens is 1. The number of hydrogen-bond donors (Lipinski definition) is 1. The van der Waals surface area contributed by atoms with Gasteiger partial charge in [0.2, 0.25) is 0 Å². The quantitative estimate of drug-likeness (QED) is 0.939. The second-order valence-corrected chi connectivity index (χ2v) is 5.06. The van der Waals surface area contributed by atoms with E-state index >= 15 is 0 Å². The lowest BCUT2D eigenvalue weighted by Crippen LogP contribution is -2.13. The van der Waals surface area contributed by atoms with Crippen LogP contribution in [-0.4, -0.2) is 12.0 Å². The summed E-state index contributed by atoms with van der Waals surface area (Å²) < 4.78 is 0.887. The molecule has 2 rings (SSSR count). The topological polar surface area (TPSA) is 42.2 Å². The maximum Gasteiger partial charge on any atom is 0.156 e. The van der Waals surface area contributed by atoms with Crippen molar-refractivity contribution in [1.82, 2.24) is 4.98 Å². The number of aromatic nitrogens is 1. The third-order valence-electron chi connectivity index (χ3n) is 2.91. The predicted molar refractivity (Wildman–Crippen MR) is 80.2 cm³/mol. The fraction of sp³-hybridized carbons (Fsp3) is 0.214. The molecular weight excluding hydrogens is 290 g/mol. The summed E-state index contributed by atoms with van der Waals surface area (Å²) in [7, 11) is 1.97. The van der Waals surface area contributed by atoms with Crippen LogP contribution in [-0.2, 0) is 6.42 Å². The van der Waals surface area contributed by atoms with Crippen LogP contribution in [0.3, 0.4) is 0 Å². The second kappa shape index (κ2) is 5.40. The van der Waals surface area contributed by atoms with Gasteiger partial charge in [0.1, 0.15) is 0 Å². The molecule has 0 amide bonds. The smallest absolute Gasteiger partial charge is 0.156 e. The molecule has 1 heterocycles. The molecule has 0 radical (unpaired) electrons. The summed E-state index contributed by atoms with van der Waals surface area (Å²) in [6.45, 7) is 2.15. The molecule has 0 aliphatic heterocycles. The Kier molecular flexibility index (Phi) is 3.87. The van der Waals surface area contributed by atoms with Gasteiger partial charge in [0.15, 0.2) is 5.82 Å². The molecular formula is C14H16BrN3. The van der Waals surface area contributed by atoms with Crippen molar-refractivity contribution in [2.24, 2.45) is 0 Å². The van der Waals surface area contributed by atoms with Crippen LogP contribution in [0, 0.1) is 0 Å². The van der Waals surface area contributed by atoms with Gasteiger partial charge in [-0.15, -0.1) is 0 Å². The minimum Gasteiger partial charge on any atom is -0.396 e. The van der Waals surface area contributed by atoms with Crippen LogP contribution in [0.15, 0.2) is 41.0 Å². The lowest BCUT2D eigenvalue weighted by molar-refractivity contribution is 1.11. The van der Waals surface area contributed by atoms with Gasteiger partial charge in [0.05, 0.1) is 5.69 Å². The largest absolute Gasteiger partial charge is 0.396 e. The Morgan fingerprint density at radius 2 is 1.94 bits per heavy atom. The van der Waals surface area contributed by atoms with Crippen molar-refractivity contribution >= 4 is 33.1 Å². The highest BCUT2D eigenvalue weighted by molar-refractivity contribution is 9.10. The Hall–Kier alpha value is -1.55. The Labute approximate surface area is 116 Å². The lowest BCUT2D eigenvalue weighted by atomic mass is 10.1. The van der Waals surface area contributed by atoms with Crippen LogP contribution in [0.2, 0.25) is 0 Å². The van der Waals surface area contributed by atoms with E-state index in [4.69, 9.17) is 5.73 Å². The zero-order chi connectivity index (χ0) is 13.1. The van der Waals surface area contributed by atoms with Crippen molar-refractivity contribution in [2.75, 3.05) is 17.7 Å². The highest BCUT2D eigenvalue weighted by Gasteiger charge is 2.09. The van der Waals surface area contributed by atoms with E-state index in [-0.39, 0.29) is 0 Å². The number of nitrogens with zero attached hydrogens (tertiary/aromatic N) is 2. The third-order valence-corrected chi connectivity index (χ3v) is 3.35. The maximum atomic E-state index is 5.98. The molecule has 0 bridgehead atoms. The predicted octanol–water partition coefficient (Wildman–Crippen LogP) is 3.76. The van der Waals surface area contributed by atoms with Gasteiger partial charge in [0.25, 0.3) is 0 Å². The fourth-order valence-electron chi connectivity index (χ4n) is 1.81. The summed E-state index contributed by atoms with van der Waals surface area (Å²) in [5, 5.41) is 0. The SMILES string of the molecule is CCc1ccc(N(C)c2ncc(Br)cc2N)cc1. The average molecular weight is 306 g/mol. The fourth-order valence-corrected chi connectivity index (χ4v) is 2.15. The molecule has 0 saturated carbocycles. The van der Waals surface area contributed by atoms with Crippen LogP contribution in [0.5, 0.6) is 0 Å². The molecule has 2 N–H and O–H groups in total. The van der Waals surface area contributed by atoms with Crippen LogP contribution in [0.1, 0.15) is 12.5 Å². The van der Waals surface area contributed by atoms with Crippen LogP contribution in [0.4, 0.5) is 17.2 Å². The first kappa shape index (κ1) is 12.9. The number of anilines is 3. The van der Waals surface area contributed by atoms with E-state index < -0.39 is 0 Å². The van der Waals surface area contributed by atoms with Gasteiger partial charge in [-0.3, -0.25) is 0 Å². The molecule has 0 unspecified atom stereocenters. The lowest BCUT2D eigenvalue weighted by Gasteiger charge is -2.20. The Balaban J connectivity index is 2.31. The minimum absolute atomic E-state index is 0.659. The van der Waals surface area contributed by atoms with E-state index in [1.165, 1.54) is 5.56 Å². The monoisotopic (exact) mass is 305 g/mol. The van der Waals surface area contributed by atoms with Gasteiger partial charge in [-0.1, -0.05) is 19.1 Å². The number of rotatable bonds is 3. The molecule has 0 aliphatic rings. The number of pyridine rings is 1. The summed E-state index contributed by atoms with van der Waals surface area (Å²) >= 11 is 3.36. The zero-order valence-electron chi connectivity index (χ0n) is 10.5. The number of nitrogens with two attached hydrogens (primary N) is 1. The van der Waals surface area contributed by atoms with Crippen molar-refractivity contribution < 1.29 is 0 Å². The molecule has 4 heteroatoms. The van der Waals surface area contributed by atoms with Gasteiger partial charge >= 0.3 is 0 Å². The summed E-state index contributed by atoms with van der Waals surface area (Å²) in [5.41, 5.74) is 9.04. The molecule has 18 heavy (non-hydrogen) atoms. The first-order valence-corrected chi connectivity index (χ1v) is 6.64. The van der Waals surface area contributed by atoms with Crippen molar-refractivity contribution in [3.8, 4) is 0 Å². The van der Waals surface area contributed by atoms with Crippen molar-refractivity contribution in [1.29, 1.82) is 0 Å². The molecule has 0 atom stereocenters. The number of benzene rings is 1. The van der Waals surface area contributed by atoms with Gasteiger partial charge in [-0.2, -0.15) is 0 Å². The second-order valence-electron chi connectivity index (χ2n) is 4.15. The highest BCUT2D eigenvalue weighted by Crippen LogP contribution is 2.28. The maximum absolute atomic E-state index is 5.98. The van der Waals surface area contributed by atoms with E-state index in [1.807, 2.05) is 18.0 Å². The van der Waals surface area contributed by atoms with E-state index in [9.17, 15) is 0 Å². The standard InChI is InChI=1S/C14H16BrN3/c1-3-10-4-6-12(7-5-10)18(2)14-13(16)8-11(15)9-17-14/h4-9H,3,16H2,1-2H3. The van der Waals surface area contributed by atoms with Crippen molar-refractivity contribution in [3.63, 3.8) is 0 Å². The van der Waals surface area contributed by atoms with Crippen LogP contribution >= 0.6 is 15.9 Å². The Morgan fingerprint density at radius 1 is 1.28 bits per heavy atom. The Morgan fingerprint density at radius 3 is 2.50 bits per heavy atom. The van der Waals surface area contributed by atoms with E-state index in [0.29, 0.717) is 5.69 Å². The Bertz CT molecular complexity index is 537. The summed E-state index contributed by atoms with van der Waals surface area (Å²) in [6, 6.07) is 10.3. The van der Waals surface area contributed by atoms with Crippen LogP contribution in [0.25, 0.3) is 0 Å². The number of hydrogen-bond acceptors (Lipinski definition) is 3. The molecule has 3 nitrogen and oxygen atoms in total. The molecule has 0 spiro atoms. The molecule has 94 valence electrons. The summed E-state index contributed by atoms with van der Waals surface area (Å²) in [6.07, 6.45) is 2.80. The van der Waals surface area contributed by atoms with Crippen molar-refractivity contribution in [3.05, 3.63) is 46.6 Å². The highest BCUT2D eigenvalue weighted by atomic mass is 79.9. The molecule has 2 aromatic rings. The van der Waals surface area contributed by atoms with Gasteiger partial charge in [-0.05, 0) is 46.1 Å². The molecule has 1 aromatic carbocycles. The normalized spacial score (nSPS) is 10.4. The van der Waals surface area contributed by atoms with Crippen molar-refractivity contribution in [2.45, 2.75) is 13.3 Å². The molecule has 1 aromatic heterocycles. The first-order chi connectivity index (χ1) is 8.61. The number of aryl methyl sites for hydroxylation is 1. The molecule has 0 aliphatic carbocycles. The van der Waals surface area contributed by atoms with E-state index in [1.54, 1.807) is 6.20 Å². The van der Waals surface area contributed by atoms with Gasteiger partial charge < -0.3 is 10.6 Å². The minimum atomic E-state index is 0.659. The average Bonchev–Trinajstić information content (AvgIpc) is 2.38. The van der Waals surface area contributed by atoms with E-state index in [2.05, 4.69) is 52.1 Å². The van der Waals surface area contributed by atoms with Gasteiger partial charge in [0, 0.05) is 23.4 Å². The summed E-state index contributed by atoms with van der Waals surface area (Å²) in [4.78, 5) is 6.34. The zero-order valence-corrected chi connectivity index (χ0v) is 12.1. The van der Waals surface area contributed by atoms with Crippen LogP contribution < -0.4 is 10.6 Å². The first-order valence-electron chi connectivity index (χ1n) is 5.85. The number of nitrogen functional groups attached to an aromatic ring is 1. The summed E-state index contributed by atoms with van der Waals surface area (Å²) in [5.74, 6) is 0.766. The molecule has 0 fully saturated rings.